The maximum absolute atomic E-state index is 12.9. The van der Waals surface area contributed by atoms with Gasteiger partial charge in [0.15, 0.2) is 0 Å². The molecular weight excluding hydrogens is 368 g/mol. The lowest BCUT2D eigenvalue weighted by Gasteiger charge is -2.13. The summed E-state index contributed by atoms with van der Waals surface area (Å²) >= 11 is 11.5. The molecule has 0 unspecified atom stereocenters. The van der Waals surface area contributed by atoms with Gasteiger partial charge >= 0.3 is 18.0 Å². The molecule has 4 nitrogen and oxygen atoms in total. The van der Waals surface area contributed by atoms with Crippen LogP contribution in [0.25, 0.3) is 0 Å². The highest BCUT2D eigenvalue weighted by Gasteiger charge is 2.34. The maximum atomic E-state index is 12.9. The van der Waals surface area contributed by atoms with Gasteiger partial charge in [-0.05, 0) is 30.3 Å². The van der Waals surface area contributed by atoms with Crippen molar-refractivity contribution in [2.75, 3.05) is 10.6 Å². The van der Waals surface area contributed by atoms with Crippen molar-refractivity contribution in [1.82, 2.24) is 0 Å². The standard InChI is InChI=1S/C15H9Cl2F3N2O2/c16-8-5-9(17)7-10(6-8)21-13(23)14(24)22-12-4-2-1-3-11(12)15(18,19)20/h1-7H,(H,21,23)(H,22,24). The smallest absolute Gasteiger partial charge is 0.318 e. The molecule has 9 heteroatoms. The third-order valence-electron chi connectivity index (χ3n) is 2.81. The largest absolute Gasteiger partial charge is 0.418 e. The Kier molecular flexibility index (Phi) is 5.36. The van der Waals surface area contributed by atoms with Crippen LogP contribution in [0.1, 0.15) is 5.56 Å². The number of para-hydroxylation sites is 1. The topological polar surface area (TPSA) is 58.2 Å². The molecule has 0 aliphatic rings. The Morgan fingerprint density at radius 3 is 2.00 bits per heavy atom. The second kappa shape index (κ2) is 7.11. The van der Waals surface area contributed by atoms with Crippen LogP contribution in [0.3, 0.4) is 0 Å². The fourth-order valence-electron chi connectivity index (χ4n) is 1.83. The van der Waals surface area contributed by atoms with E-state index < -0.39 is 29.2 Å². The molecule has 0 heterocycles. The van der Waals surface area contributed by atoms with Gasteiger partial charge in [-0.2, -0.15) is 13.2 Å². The van der Waals surface area contributed by atoms with E-state index >= 15 is 0 Å². The number of benzene rings is 2. The van der Waals surface area contributed by atoms with Gasteiger partial charge in [0.05, 0.1) is 11.3 Å². The summed E-state index contributed by atoms with van der Waals surface area (Å²) < 4.78 is 38.6. The van der Waals surface area contributed by atoms with Crippen LogP contribution in [0.5, 0.6) is 0 Å². The first-order valence-corrected chi connectivity index (χ1v) is 7.17. The molecule has 0 saturated heterocycles. The molecule has 0 atom stereocenters. The van der Waals surface area contributed by atoms with Gasteiger partial charge in [0.2, 0.25) is 0 Å². The van der Waals surface area contributed by atoms with Gasteiger partial charge in [-0.15, -0.1) is 0 Å². The Morgan fingerprint density at radius 2 is 1.42 bits per heavy atom. The van der Waals surface area contributed by atoms with Crippen LogP contribution in [-0.2, 0) is 15.8 Å². The summed E-state index contributed by atoms with van der Waals surface area (Å²) in [6.45, 7) is 0. The molecule has 2 N–H and O–H groups in total. The lowest BCUT2D eigenvalue weighted by atomic mass is 10.1. The number of carbonyl (C=O) groups is 2. The van der Waals surface area contributed by atoms with Crippen LogP contribution in [0.4, 0.5) is 24.5 Å². The van der Waals surface area contributed by atoms with Gasteiger partial charge in [0.25, 0.3) is 0 Å². The lowest BCUT2D eigenvalue weighted by Crippen LogP contribution is -2.30. The van der Waals surface area contributed by atoms with Crippen LogP contribution >= 0.6 is 23.2 Å². The van der Waals surface area contributed by atoms with E-state index in [4.69, 9.17) is 23.2 Å². The highest BCUT2D eigenvalue weighted by molar-refractivity contribution is 6.44. The first-order valence-electron chi connectivity index (χ1n) is 6.41. The second-order valence-corrected chi connectivity index (χ2v) is 5.48. The number of amides is 2. The Hall–Kier alpha value is -2.25. The number of carbonyl (C=O) groups excluding carboxylic acids is 2. The number of nitrogens with one attached hydrogen (secondary N) is 2. The predicted molar refractivity (Wildman–Crippen MR) is 85.2 cm³/mol. The average molecular weight is 377 g/mol. The molecule has 0 saturated carbocycles. The molecule has 0 spiro atoms. The third-order valence-corrected chi connectivity index (χ3v) is 3.24. The van der Waals surface area contributed by atoms with E-state index in [-0.39, 0.29) is 15.7 Å². The molecule has 0 aromatic heterocycles. The lowest BCUT2D eigenvalue weighted by molar-refractivity contribution is -0.137. The van der Waals surface area contributed by atoms with Crippen molar-refractivity contribution >= 4 is 46.4 Å². The van der Waals surface area contributed by atoms with E-state index in [1.54, 1.807) is 0 Å². The average Bonchev–Trinajstić information content (AvgIpc) is 2.45. The molecule has 0 radical (unpaired) electrons. The highest BCUT2D eigenvalue weighted by atomic mass is 35.5. The van der Waals surface area contributed by atoms with Crippen molar-refractivity contribution in [2.24, 2.45) is 0 Å². The maximum Gasteiger partial charge on any atom is 0.418 e. The minimum Gasteiger partial charge on any atom is -0.318 e. The molecule has 126 valence electrons. The number of halogens is 5. The van der Waals surface area contributed by atoms with Gasteiger partial charge in [-0.3, -0.25) is 9.59 Å². The first-order chi connectivity index (χ1) is 11.2. The van der Waals surface area contributed by atoms with E-state index in [1.165, 1.54) is 30.3 Å². The quantitative estimate of drug-likeness (QED) is 0.753. The number of rotatable bonds is 2. The van der Waals surface area contributed by atoms with E-state index in [1.807, 2.05) is 5.32 Å². The zero-order valence-electron chi connectivity index (χ0n) is 11.7. The molecule has 0 bridgehead atoms. The van der Waals surface area contributed by atoms with Crippen LogP contribution < -0.4 is 10.6 Å². The normalized spacial score (nSPS) is 11.0. The number of hydrogen-bond donors (Lipinski definition) is 2. The van der Waals surface area contributed by atoms with Gasteiger partial charge in [-0.1, -0.05) is 35.3 Å². The summed E-state index contributed by atoms with van der Waals surface area (Å²) in [7, 11) is 0. The summed E-state index contributed by atoms with van der Waals surface area (Å²) in [4.78, 5) is 23.6. The van der Waals surface area contributed by atoms with Crippen LogP contribution in [0.2, 0.25) is 10.0 Å². The van der Waals surface area contributed by atoms with Crippen molar-refractivity contribution in [1.29, 1.82) is 0 Å². The Bertz CT molecular complexity index is 774. The van der Waals surface area contributed by atoms with Gasteiger partial charge < -0.3 is 10.6 Å². The van der Waals surface area contributed by atoms with E-state index in [9.17, 15) is 22.8 Å². The van der Waals surface area contributed by atoms with Gasteiger partial charge in [-0.25, -0.2) is 0 Å². The van der Waals surface area contributed by atoms with Crippen molar-refractivity contribution in [3.05, 3.63) is 58.1 Å². The predicted octanol–water partition coefficient (Wildman–Crippen LogP) is 4.59. The zero-order valence-corrected chi connectivity index (χ0v) is 13.3. The summed E-state index contributed by atoms with van der Waals surface area (Å²) in [6, 6.07) is 8.41. The van der Waals surface area contributed by atoms with Crippen molar-refractivity contribution < 1.29 is 22.8 Å². The van der Waals surface area contributed by atoms with Crippen LogP contribution in [0, 0.1) is 0 Å². The van der Waals surface area contributed by atoms with Crippen molar-refractivity contribution in [3.63, 3.8) is 0 Å². The summed E-state index contributed by atoms with van der Waals surface area (Å²) in [6.07, 6.45) is -4.67. The van der Waals surface area contributed by atoms with Crippen molar-refractivity contribution in [3.8, 4) is 0 Å². The molecule has 2 aromatic carbocycles. The second-order valence-electron chi connectivity index (χ2n) is 4.61. The Balaban J connectivity index is 2.14. The number of hydrogen-bond acceptors (Lipinski definition) is 2. The minimum atomic E-state index is -4.67. The molecular formula is C15H9Cl2F3N2O2. The van der Waals surface area contributed by atoms with Gasteiger partial charge in [0.1, 0.15) is 0 Å². The molecule has 0 aliphatic carbocycles. The first kappa shape index (κ1) is 18.1. The van der Waals surface area contributed by atoms with E-state index in [0.717, 1.165) is 12.1 Å². The van der Waals surface area contributed by atoms with Crippen LogP contribution in [0.15, 0.2) is 42.5 Å². The van der Waals surface area contributed by atoms with Crippen molar-refractivity contribution in [2.45, 2.75) is 6.18 Å². The molecule has 2 rings (SSSR count). The third kappa shape index (κ3) is 4.62. The highest BCUT2D eigenvalue weighted by Crippen LogP contribution is 2.34. The van der Waals surface area contributed by atoms with E-state index in [0.29, 0.717) is 0 Å². The zero-order chi connectivity index (χ0) is 17.9. The summed E-state index contributed by atoms with van der Waals surface area (Å²) in [5.41, 5.74) is -1.44. The molecule has 0 aliphatic heterocycles. The van der Waals surface area contributed by atoms with E-state index in [2.05, 4.69) is 5.32 Å². The fraction of sp³-hybridized carbons (Fsp3) is 0.0667. The Morgan fingerprint density at radius 1 is 0.875 bits per heavy atom. The van der Waals surface area contributed by atoms with Crippen LogP contribution in [-0.4, -0.2) is 11.8 Å². The molecule has 0 fully saturated rings. The summed E-state index contributed by atoms with van der Waals surface area (Å²) in [5.74, 6) is -2.42. The molecule has 2 aromatic rings. The number of alkyl halides is 3. The minimum absolute atomic E-state index is 0.136. The monoisotopic (exact) mass is 376 g/mol. The Labute approximate surface area is 144 Å². The molecule has 2 amide bonds. The number of anilines is 2. The van der Waals surface area contributed by atoms with Gasteiger partial charge in [0, 0.05) is 15.7 Å². The fourth-order valence-corrected chi connectivity index (χ4v) is 2.36. The molecule has 24 heavy (non-hydrogen) atoms. The SMILES string of the molecule is O=C(Nc1cc(Cl)cc(Cl)c1)C(=O)Nc1ccccc1C(F)(F)F. The summed E-state index contributed by atoms with van der Waals surface area (Å²) in [5, 5.41) is 4.58.